The fourth-order valence-corrected chi connectivity index (χ4v) is 3.88. The molecule has 0 aliphatic rings. The van der Waals surface area contributed by atoms with E-state index in [9.17, 15) is 13.2 Å². The van der Waals surface area contributed by atoms with Gasteiger partial charge in [0.25, 0.3) is 0 Å². The van der Waals surface area contributed by atoms with E-state index >= 15 is 0 Å². The topological polar surface area (TPSA) is 94.2 Å². The number of amides is 1. The molecule has 0 fully saturated rings. The van der Waals surface area contributed by atoms with Crippen LogP contribution in [0, 0.1) is 0 Å². The van der Waals surface area contributed by atoms with Crippen molar-refractivity contribution in [1.29, 1.82) is 0 Å². The number of ether oxygens (including phenoxy) is 3. The van der Waals surface area contributed by atoms with E-state index in [1.165, 1.54) is 14.0 Å². The van der Waals surface area contributed by atoms with Crippen molar-refractivity contribution >= 4 is 21.6 Å². The second-order valence-corrected chi connectivity index (χ2v) is 8.11. The summed E-state index contributed by atoms with van der Waals surface area (Å²) in [5, 5.41) is 2.70. The van der Waals surface area contributed by atoms with Gasteiger partial charge in [0.15, 0.2) is 0 Å². The number of hydrogen-bond acceptors (Lipinski definition) is 6. The van der Waals surface area contributed by atoms with E-state index in [2.05, 4.69) is 5.32 Å². The van der Waals surface area contributed by atoms with Gasteiger partial charge in [0.2, 0.25) is 15.9 Å². The molecule has 2 aromatic rings. The molecule has 0 spiro atoms. The lowest BCUT2D eigenvalue weighted by Crippen LogP contribution is -2.48. The molecule has 8 nitrogen and oxygen atoms in total. The first kappa shape index (κ1) is 22.4. The average Bonchev–Trinajstić information content (AvgIpc) is 2.71. The lowest BCUT2D eigenvalue weighted by molar-refractivity contribution is -0.121. The summed E-state index contributed by atoms with van der Waals surface area (Å²) in [7, 11) is -0.571. The maximum absolute atomic E-state index is 12.5. The van der Waals surface area contributed by atoms with Crippen molar-refractivity contribution in [2.24, 2.45) is 0 Å². The highest BCUT2D eigenvalue weighted by atomic mass is 32.2. The summed E-state index contributed by atoms with van der Waals surface area (Å²) in [6.45, 7) is 2.01. The Morgan fingerprint density at radius 2 is 1.45 bits per heavy atom. The average molecular weight is 423 g/mol. The molecule has 9 heteroatoms. The summed E-state index contributed by atoms with van der Waals surface area (Å²) < 4.78 is 41.4. The van der Waals surface area contributed by atoms with Crippen molar-refractivity contribution < 1.29 is 27.4 Å². The number of rotatable bonds is 10. The van der Waals surface area contributed by atoms with Gasteiger partial charge in [0, 0.05) is 0 Å². The molecule has 29 heavy (non-hydrogen) atoms. The highest BCUT2D eigenvalue weighted by molar-refractivity contribution is 7.92. The normalized spacial score (nSPS) is 12.0. The van der Waals surface area contributed by atoms with Crippen molar-refractivity contribution in [2.75, 3.05) is 37.9 Å². The number of sulfonamides is 1. The van der Waals surface area contributed by atoms with Crippen LogP contribution < -0.4 is 23.8 Å². The quantitative estimate of drug-likeness (QED) is 0.589. The van der Waals surface area contributed by atoms with Crippen LogP contribution in [-0.4, -0.2) is 54.0 Å². The van der Waals surface area contributed by atoms with Crippen LogP contribution in [0.2, 0.25) is 0 Å². The first-order chi connectivity index (χ1) is 13.8. The molecule has 0 aromatic heterocycles. The predicted octanol–water partition coefficient (Wildman–Crippen LogP) is 2.05. The Morgan fingerprint density at radius 1 is 0.966 bits per heavy atom. The summed E-state index contributed by atoms with van der Waals surface area (Å²) in [6, 6.07) is 12.6. The van der Waals surface area contributed by atoms with E-state index in [-0.39, 0.29) is 13.2 Å². The number of nitrogens with one attached hydrogen (secondary N) is 1. The Balaban J connectivity index is 1.95. The maximum atomic E-state index is 12.5. The lowest BCUT2D eigenvalue weighted by atomic mass is 10.2. The zero-order chi connectivity index (χ0) is 21.4. The summed E-state index contributed by atoms with van der Waals surface area (Å²) in [5.74, 6) is 1.53. The molecule has 0 unspecified atom stereocenters. The molecule has 2 rings (SSSR count). The molecule has 0 saturated carbocycles. The Hall–Kier alpha value is -2.94. The van der Waals surface area contributed by atoms with Crippen LogP contribution in [0.4, 0.5) is 5.69 Å². The van der Waals surface area contributed by atoms with Crippen molar-refractivity contribution in [3.8, 4) is 17.2 Å². The molecule has 158 valence electrons. The minimum Gasteiger partial charge on any atom is -0.497 e. The molecule has 0 saturated heterocycles. The highest BCUT2D eigenvalue weighted by Crippen LogP contribution is 2.23. The zero-order valence-corrected chi connectivity index (χ0v) is 17.7. The van der Waals surface area contributed by atoms with Crippen LogP contribution in [0.5, 0.6) is 17.2 Å². The number of anilines is 1. The summed E-state index contributed by atoms with van der Waals surface area (Å²) >= 11 is 0. The monoisotopic (exact) mass is 422 g/mol. The molecule has 1 amide bonds. The van der Waals surface area contributed by atoms with Crippen LogP contribution in [0.25, 0.3) is 0 Å². The standard InChI is InChI=1S/C20H26N2O6S/c1-15(22(29(4,24)25)16-5-7-17(26-2)8-6-16)20(23)21-13-14-28-19-11-9-18(27-3)10-12-19/h5-12,15H,13-14H2,1-4H3,(H,21,23)/t15-/m0/s1. The van der Waals surface area contributed by atoms with Crippen LogP contribution in [0.1, 0.15) is 6.92 Å². The van der Waals surface area contributed by atoms with E-state index in [1.54, 1.807) is 55.6 Å². The minimum atomic E-state index is -3.67. The molecule has 1 atom stereocenters. The van der Waals surface area contributed by atoms with E-state index in [4.69, 9.17) is 14.2 Å². The Morgan fingerprint density at radius 3 is 1.93 bits per heavy atom. The molecule has 0 aliphatic heterocycles. The predicted molar refractivity (Wildman–Crippen MR) is 111 cm³/mol. The van der Waals surface area contributed by atoms with Gasteiger partial charge in [0.05, 0.1) is 32.7 Å². The fourth-order valence-electron chi connectivity index (χ4n) is 2.70. The highest BCUT2D eigenvalue weighted by Gasteiger charge is 2.28. The smallest absolute Gasteiger partial charge is 0.243 e. The van der Waals surface area contributed by atoms with Crippen molar-refractivity contribution in [1.82, 2.24) is 5.32 Å². The minimum absolute atomic E-state index is 0.232. The SMILES string of the molecule is COc1ccc(OCCNC(=O)[C@H](C)N(c2ccc(OC)cc2)S(C)(=O)=O)cc1. The molecular formula is C20H26N2O6S. The first-order valence-electron chi connectivity index (χ1n) is 8.94. The molecule has 2 aromatic carbocycles. The maximum Gasteiger partial charge on any atom is 0.243 e. The number of benzene rings is 2. The Bertz CT molecular complexity index is 898. The summed E-state index contributed by atoms with van der Waals surface area (Å²) in [6.07, 6.45) is 1.06. The molecular weight excluding hydrogens is 396 g/mol. The summed E-state index contributed by atoms with van der Waals surface area (Å²) in [4.78, 5) is 12.5. The molecule has 1 N–H and O–H groups in total. The van der Waals surface area contributed by atoms with Crippen molar-refractivity contribution in [3.05, 3.63) is 48.5 Å². The third kappa shape index (κ3) is 6.28. The first-order valence-corrected chi connectivity index (χ1v) is 10.8. The van der Waals surface area contributed by atoms with Gasteiger partial charge in [-0.15, -0.1) is 0 Å². The third-order valence-corrected chi connectivity index (χ3v) is 5.39. The van der Waals surface area contributed by atoms with Crippen LogP contribution in [0.3, 0.4) is 0 Å². The van der Waals surface area contributed by atoms with Crippen LogP contribution in [-0.2, 0) is 14.8 Å². The number of nitrogens with zero attached hydrogens (tertiary/aromatic N) is 1. The fraction of sp³-hybridized carbons (Fsp3) is 0.350. The van der Waals surface area contributed by atoms with Gasteiger partial charge in [-0.25, -0.2) is 8.42 Å². The van der Waals surface area contributed by atoms with Crippen LogP contribution >= 0.6 is 0 Å². The Labute approximate surface area is 171 Å². The van der Waals surface area contributed by atoms with Crippen molar-refractivity contribution in [2.45, 2.75) is 13.0 Å². The van der Waals surface area contributed by atoms with E-state index in [0.717, 1.165) is 16.3 Å². The Kier molecular flexibility index (Phi) is 7.72. The van der Waals surface area contributed by atoms with Gasteiger partial charge < -0.3 is 19.5 Å². The van der Waals surface area contributed by atoms with Gasteiger partial charge in [-0.2, -0.15) is 0 Å². The zero-order valence-electron chi connectivity index (χ0n) is 16.9. The third-order valence-electron chi connectivity index (χ3n) is 4.14. The second kappa shape index (κ2) is 10.0. The van der Waals surface area contributed by atoms with Gasteiger partial charge in [-0.3, -0.25) is 9.10 Å². The number of hydrogen-bond donors (Lipinski definition) is 1. The molecule has 0 heterocycles. The van der Waals surface area contributed by atoms with E-state index in [0.29, 0.717) is 17.2 Å². The van der Waals surface area contributed by atoms with Crippen molar-refractivity contribution in [3.63, 3.8) is 0 Å². The van der Waals surface area contributed by atoms with Crippen LogP contribution in [0.15, 0.2) is 48.5 Å². The molecule has 0 bridgehead atoms. The van der Waals surface area contributed by atoms with Gasteiger partial charge in [0.1, 0.15) is 29.9 Å². The van der Waals surface area contributed by atoms with E-state index in [1.807, 2.05) is 0 Å². The van der Waals surface area contributed by atoms with E-state index < -0.39 is 22.0 Å². The molecule has 0 radical (unpaired) electrons. The summed E-state index contributed by atoms with van der Waals surface area (Å²) in [5.41, 5.74) is 0.380. The lowest BCUT2D eigenvalue weighted by Gasteiger charge is -2.28. The van der Waals surface area contributed by atoms with Gasteiger partial charge in [-0.05, 0) is 55.5 Å². The second-order valence-electron chi connectivity index (χ2n) is 6.25. The van der Waals surface area contributed by atoms with Gasteiger partial charge >= 0.3 is 0 Å². The molecule has 0 aliphatic carbocycles. The number of methoxy groups -OCH3 is 2. The number of carbonyl (C=O) groups is 1. The number of carbonyl (C=O) groups excluding carboxylic acids is 1. The van der Waals surface area contributed by atoms with Gasteiger partial charge in [-0.1, -0.05) is 0 Å². The largest absolute Gasteiger partial charge is 0.497 e.